The van der Waals surface area contributed by atoms with Gasteiger partial charge in [0, 0.05) is 11.7 Å². The first-order valence-electron chi connectivity index (χ1n) is 7.99. The van der Waals surface area contributed by atoms with E-state index in [9.17, 15) is 9.59 Å². The second kappa shape index (κ2) is 7.74. The molecule has 1 aromatic heterocycles. The number of nitrogens with one attached hydrogen (secondary N) is 2. The number of rotatable bonds is 5. The average molecular weight is 342 g/mol. The zero-order valence-corrected chi connectivity index (χ0v) is 14.8. The number of esters is 1. The van der Waals surface area contributed by atoms with Gasteiger partial charge in [-0.3, -0.25) is 4.79 Å². The van der Waals surface area contributed by atoms with Crippen LogP contribution in [0.5, 0.6) is 0 Å². The number of carbonyl (C=O) groups excluding carboxylic acids is 2. The topological polar surface area (TPSA) is 93.2 Å². The zero-order chi connectivity index (χ0) is 18.4. The molecule has 0 radical (unpaired) electrons. The van der Waals surface area contributed by atoms with Gasteiger partial charge < -0.3 is 15.4 Å². The Labute approximate surface area is 146 Å². The van der Waals surface area contributed by atoms with Crippen molar-refractivity contribution in [3.8, 4) is 0 Å². The van der Waals surface area contributed by atoms with Crippen molar-refractivity contribution >= 4 is 23.5 Å². The summed E-state index contributed by atoms with van der Waals surface area (Å²) < 4.78 is 5.00. The van der Waals surface area contributed by atoms with Crippen molar-refractivity contribution in [2.45, 2.75) is 33.2 Å². The predicted molar refractivity (Wildman–Crippen MR) is 95.8 cm³/mol. The molecule has 0 saturated heterocycles. The fraction of sp³-hybridized carbons (Fsp3) is 0.333. The minimum Gasteiger partial charge on any atom is -0.462 e. The van der Waals surface area contributed by atoms with E-state index in [2.05, 4.69) is 20.6 Å². The highest BCUT2D eigenvalue weighted by Gasteiger charge is 2.17. The van der Waals surface area contributed by atoms with Gasteiger partial charge in [0.15, 0.2) is 0 Å². The molecule has 2 rings (SSSR count). The van der Waals surface area contributed by atoms with Crippen LogP contribution in [0.15, 0.2) is 36.5 Å². The van der Waals surface area contributed by atoms with Crippen LogP contribution >= 0.6 is 0 Å². The molecule has 1 aromatic carbocycles. The molecule has 7 nitrogen and oxygen atoms in total. The van der Waals surface area contributed by atoms with E-state index in [4.69, 9.17) is 4.74 Å². The summed E-state index contributed by atoms with van der Waals surface area (Å²) in [6.45, 7) is 7.90. The Morgan fingerprint density at radius 1 is 1.16 bits per heavy atom. The van der Waals surface area contributed by atoms with Gasteiger partial charge in [-0.05, 0) is 45.9 Å². The van der Waals surface area contributed by atoms with Crippen LogP contribution in [0.25, 0.3) is 0 Å². The number of anilines is 2. The average Bonchev–Trinajstić information content (AvgIpc) is 2.54. The molecule has 2 N–H and O–H groups in total. The van der Waals surface area contributed by atoms with Crippen LogP contribution in [0.4, 0.5) is 11.6 Å². The van der Waals surface area contributed by atoms with Crippen molar-refractivity contribution in [3.63, 3.8) is 0 Å². The Balaban J connectivity index is 2.21. The SMILES string of the molecule is CCOC(=O)c1ccccc1NC(=O)c1ccnc(NC(C)(C)C)n1. The number of amides is 1. The molecule has 0 atom stereocenters. The summed E-state index contributed by atoms with van der Waals surface area (Å²) in [7, 11) is 0. The van der Waals surface area contributed by atoms with Crippen LogP contribution in [-0.4, -0.2) is 34.0 Å². The van der Waals surface area contributed by atoms with Crippen molar-refractivity contribution in [1.29, 1.82) is 0 Å². The smallest absolute Gasteiger partial charge is 0.340 e. The lowest BCUT2D eigenvalue weighted by atomic mass is 10.1. The monoisotopic (exact) mass is 342 g/mol. The standard InChI is InChI=1S/C18H22N4O3/c1-5-25-16(24)12-8-6-7-9-13(12)20-15(23)14-10-11-19-17(21-14)22-18(2,3)4/h6-11H,5H2,1-4H3,(H,20,23)(H,19,21,22). The van der Waals surface area contributed by atoms with E-state index in [0.29, 0.717) is 17.2 Å². The summed E-state index contributed by atoms with van der Waals surface area (Å²) in [5.41, 5.74) is 0.626. The predicted octanol–water partition coefficient (Wildman–Crippen LogP) is 3.12. The molecule has 1 amide bonds. The summed E-state index contributed by atoms with van der Waals surface area (Å²) in [5, 5.41) is 5.81. The number of aromatic nitrogens is 2. The first-order chi connectivity index (χ1) is 11.8. The van der Waals surface area contributed by atoms with E-state index in [1.54, 1.807) is 31.2 Å². The molecule has 0 bridgehead atoms. The number of benzene rings is 1. The van der Waals surface area contributed by atoms with Crippen LogP contribution in [0.2, 0.25) is 0 Å². The van der Waals surface area contributed by atoms with E-state index in [0.717, 1.165) is 0 Å². The molecule has 1 heterocycles. The summed E-state index contributed by atoms with van der Waals surface area (Å²) >= 11 is 0. The van der Waals surface area contributed by atoms with Gasteiger partial charge >= 0.3 is 5.97 Å². The maximum Gasteiger partial charge on any atom is 0.340 e. The zero-order valence-electron chi connectivity index (χ0n) is 14.8. The normalized spacial score (nSPS) is 10.9. The van der Waals surface area contributed by atoms with E-state index >= 15 is 0 Å². The number of carbonyl (C=O) groups is 2. The molecule has 25 heavy (non-hydrogen) atoms. The Hall–Kier alpha value is -2.96. The van der Waals surface area contributed by atoms with Crippen molar-refractivity contribution in [1.82, 2.24) is 9.97 Å². The third-order valence-electron chi connectivity index (χ3n) is 3.05. The van der Waals surface area contributed by atoms with E-state index in [-0.39, 0.29) is 17.8 Å². The lowest BCUT2D eigenvalue weighted by Gasteiger charge is -2.20. The molecule has 0 aliphatic rings. The van der Waals surface area contributed by atoms with E-state index in [1.165, 1.54) is 12.3 Å². The first kappa shape index (κ1) is 18.4. The number of para-hydroxylation sites is 1. The second-order valence-electron chi connectivity index (χ2n) is 6.36. The minimum absolute atomic E-state index is 0.195. The second-order valence-corrected chi connectivity index (χ2v) is 6.36. The fourth-order valence-electron chi connectivity index (χ4n) is 2.05. The molecule has 2 aromatic rings. The third-order valence-corrected chi connectivity index (χ3v) is 3.05. The highest BCUT2D eigenvalue weighted by Crippen LogP contribution is 2.17. The Morgan fingerprint density at radius 3 is 2.56 bits per heavy atom. The summed E-state index contributed by atoms with van der Waals surface area (Å²) in [5.74, 6) is -0.564. The van der Waals surface area contributed by atoms with Gasteiger partial charge in [0.05, 0.1) is 17.9 Å². The number of hydrogen-bond donors (Lipinski definition) is 2. The van der Waals surface area contributed by atoms with Gasteiger partial charge in [0.25, 0.3) is 5.91 Å². The quantitative estimate of drug-likeness (QED) is 0.811. The summed E-state index contributed by atoms with van der Waals surface area (Å²) in [4.78, 5) is 32.8. The van der Waals surface area contributed by atoms with E-state index in [1.807, 2.05) is 20.8 Å². The van der Waals surface area contributed by atoms with Crippen LogP contribution in [0, 0.1) is 0 Å². The Morgan fingerprint density at radius 2 is 1.88 bits per heavy atom. The molecule has 0 saturated carbocycles. The molecule has 7 heteroatoms. The largest absolute Gasteiger partial charge is 0.462 e. The highest BCUT2D eigenvalue weighted by atomic mass is 16.5. The number of hydrogen-bond acceptors (Lipinski definition) is 6. The third kappa shape index (κ3) is 5.27. The summed E-state index contributed by atoms with van der Waals surface area (Å²) in [6, 6.07) is 8.18. The number of nitrogens with zero attached hydrogens (tertiary/aromatic N) is 2. The van der Waals surface area contributed by atoms with Crippen LogP contribution in [0.1, 0.15) is 48.5 Å². The molecule has 0 aliphatic carbocycles. The lowest BCUT2D eigenvalue weighted by Crippen LogP contribution is -2.28. The van der Waals surface area contributed by atoms with E-state index < -0.39 is 11.9 Å². The molecular weight excluding hydrogens is 320 g/mol. The molecule has 0 fully saturated rings. The lowest BCUT2D eigenvalue weighted by molar-refractivity contribution is 0.0527. The fourth-order valence-corrected chi connectivity index (χ4v) is 2.05. The summed E-state index contributed by atoms with van der Waals surface area (Å²) in [6.07, 6.45) is 1.51. The van der Waals surface area contributed by atoms with Gasteiger partial charge in [0.1, 0.15) is 5.69 Å². The van der Waals surface area contributed by atoms with Gasteiger partial charge in [0.2, 0.25) is 5.95 Å². The van der Waals surface area contributed by atoms with Gasteiger partial charge in [-0.25, -0.2) is 14.8 Å². The Bertz CT molecular complexity index is 769. The van der Waals surface area contributed by atoms with Crippen molar-refractivity contribution in [2.75, 3.05) is 17.2 Å². The Kier molecular flexibility index (Phi) is 5.69. The maximum absolute atomic E-state index is 12.5. The maximum atomic E-state index is 12.5. The van der Waals surface area contributed by atoms with Gasteiger partial charge in [-0.1, -0.05) is 12.1 Å². The van der Waals surface area contributed by atoms with Crippen LogP contribution in [0.3, 0.4) is 0 Å². The molecule has 0 unspecified atom stereocenters. The molecular formula is C18H22N4O3. The van der Waals surface area contributed by atoms with Crippen LogP contribution < -0.4 is 10.6 Å². The van der Waals surface area contributed by atoms with Crippen molar-refractivity contribution < 1.29 is 14.3 Å². The van der Waals surface area contributed by atoms with Gasteiger partial charge in [-0.15, -0.1) is 0 Å². The molecule has 132 valence electrons. The molecule has 0 spiro atoms. The van der Waals surface area contributed by atoms with Crippen molar-refractivity contribution in [3.05, 3.63) is 47.8 Å². The molecule has 0 aliphatic heterocycles. The first-order valence-corrected chi connectivity index (χ1v) is 7.99. The minimum atomic E-state index is -0.490. The number of ether oxygens (including phenoxy) is 1. The van der Waals surface area contributed by atoms with Crippen LogP contribution in [-0.2, 0) is 4.74 Å². The van der Waals surface area contributed by atoms with Gasteiger partial charge in [-0.2, -0.15) is 0 Å². The highest BCUT2D eigenvalue weighted by molar-refractivity contribution is 6.07. The van der Waals surface area contributed by atoms with Crippen molar-refractivity contribution in [2.24, 2.45) is 0 Å².